The number of aliphatic hydroxyl groups is 1. The maximum atomic E-state index is 11.6. The highest BCUT2D eigenvalue weighted by Crippen LogP contribution is 2.19. The van der Waals surface area contributed by atoms with Gasteiger partial charge in [0.1, 0.15) is 6.04 Å². The van der Waals surface area contributed by atoms with Gasteiger partial charge in [0.25, 0.3) is 0 Å². The molecule has 6 heteroatoms. The van der Waals surface area contributed by atoms with Gasteiger partial charge in [0.15, 0.2) is 0 Å². The highest BCUT2D eigenvalue weighted by atomic mass is 16.4. The zero-order valence-electron chi connectivity index (χ0n) is 13.0. The van der Waals surface area contributed by atoms with E-state index < -0.39 is 24.0 Å². The first kappa shape index (κ1) is 17.6. The molecule has 1 unspecified atom stereocenters. The zero-order chi connectivity index (χ0) is 16.0. The van der Waals surface area contributed by atoms with Crippen molar-refractivity contribution in [2.75, 3.05) is 14.1 Å². The van der Waals surface area contributed by atoms with Crippen molar-refractivity contribution >= 4 is 5.97 Å². The van der Waals surface area contributed by atoms with E-state index in [9.17, 15) is 15.0 Å². The fraction of sp³-hybridized carbons (Fsp3) is 0.600. The molecular formula is C15H25N3O3. The highest BCUT2D eigenvalue weighted by molar-refractivity contribution is 5.74. The summed E-state index contributed by atoms with van der Waals surface area (Å²) >= 11 is 0. The first-order valence-corrected chi connectivity index (χ1v) is 7.05. The molecule has 0 saturated heterocycles. The Labute approximate surface area is 125 Å². The van der Waals surface area contributed by atoms with Crippen molar-refractivity contribution in [3.8, 4) is 0 Å². The van der Waals surface area contributed by atoms with Crippen LogP contribution in [0, 0.1) is 5.92 Å². The first-order chi connectivity index (χ1) is 9.88. The van der Waals surface area contributed by atoms with Crippen LogP contribution in [0.1, 0.15) is 19.4 Å². The van der Waals surface area contributed by atoms with Gasteiger partial charge in [-0.1, -0.05) is 6.92 Å². The van der Waals surface area contributed by atoms with Gasteiger partial charge in [-0.05, 0) is 38.7 Å². The fourth-order valence-electron chi connectivity index (χ4n) is 2.50. The van der Waals surface area contributed by atoms with Crippen LogP contribution in [0.15, 0.2) is 24.5 Å². The molecule has 0 aromatic carbocycles. The molecule has 21 heavy (non-hydrogen) atoms. The van der Waals surface area contributed by atoms with Gasteiger partial charge in [-0.25, -0.2) is 0 Å². The predicted molar refractivity (Wildman–Crippen MR) is 80.8 cm³/mol. The van der Waals surface area contributed by atoms with Crippen LogP contribution in [0.25, 0.3) is 0 Å². The molecule has 0 bridgehead atoms. The van der Waals surface area contributed by atoms with Crippen LogP contribution in [-0.2, 0) is 11.3 Å². The van der Waals surface area contributed by atoms with Gasteiger partial charge < -0.3 is 15.5 Å². The van der Waals surface area contributed by atoms with Gasteiger partial charge in [0.2, 0.25) is 0 Å². The van der Waals surface area contributed by atoms with Gasteiger partial charge in [0, 0.05) is 30.9 Å². The lowest BCUT2D eigenvalue weighted by molar-refractivity contribution is -0.147. The second-order valence-electron chi connectivity index (χ2n) is 5.48. The van der Waals surface area contributed by atoms with E-state index in [2.05, 4.69) is 10.3 Å². The van der Waals surface area contributed by atoms with E-state index >= 15 is 0 Å². The SMILES string of the molecule is CN[C@@H](C)[C@H](O)[C@H](C)C(C(=O)O)N(C)Cc1ccncc1. The monoisotopic (exact) mass is 295 g/mol. The normalized spacial score (nSPS) is 17.2. The average Bonchev–Trinajstić information content (AvgIpc) is 2.46. The van der Waals surface area contributed by atoms with Crippen molar-refractivity contribution in [1.82, 2.24) is 15.2 Å². The summed E-state index contributed by atoms with van der Waals surface area (Å²) in [5.41, 5.74) is 0.988. The molecule has 0 fully saturated rings. The summed E-state index contributed by atoms with van der Waals surface area (Å²) in [6.07, 6.45) is 2.62. The quantitative estimate of drug-likeness (QED) is 0.650. The number of nitrogens with one attached hydrogen (secondary N) is 1. The van der Waals surface area contributed by atoms with Crippen molar-refractivity contribution in [2.24, 2.45) is 5.92 Å². The number of likely N-dealkylation sites (N-methyl/N-ethyl adjacent to an activating group) is 2. The minimum absolute atomic E-state index is 0.170. The number of rotatable bonds is 8. The fourth-order valence-corrected chi connectivity index (χ4v) is 2.50. The third kappa shape index (κ3) is 4.77. The zero-order valence-corrected chi connectivity index (χ0v) is 13.0. The van der Waals surface area contributed by atoms with Gasteiger partial charge in [-0.2, -0.15) is 0 Å². The summed E-state index contributed by atoms with van der Waals surface area (Å²) in [5, 5.41) is 22.7. The van der Waals surface area contributed by atoms with Crippen molar-refractivity contribution in [3.05, 3.63) is 30.1 Å². The molecule has 1 rings (SSSR count). The van der Waals surface area contributed by atoms with Crippen LogP contribution in [0.3, 0.4) is 0 Å². The van der Waals surface area contributed by atoms with Gasteiger partial charge in [-0.3, -0.25) is 14.7 Å². The number of nitrogens with zero attached hydrogens (tertiary/aromatic N) is 2. The number of aliphatic hydroxyl groups excluding tert-OH is 1. The summed E-state index contributed by atoms with van der Waals surface area (Å²) in [6, 6.07) is 2.78. The summed E-state index contributed by atoms with van der Waals surface area (Å²) in [4.78, 5) is 17.3. The molecule has 0 spiro atoms. The third-order valence-corrected chi connectivity index (χ3v) is 3.91. The van der Waals surface area contributed by atoms with Crippen molar-refractivity contribution < 1.29 is 15.0 Å². The van der Waals surface area contributed by atoms with E-state index in [0.717, 1.165) is 5.56 Å². The molecule has 0 amide bonds. The van der Waals surface area contributed by atoms with E-state index in [0.29, 0.717) is 6.54 Å². The molecule has 1 aromatic heterocycles. The van der Waals surface area contributed by atoms with E-state index in [1.54, 1.807) is 38.3 Å². The highest BCUT2D eigenvalue weighted by Gasteiger charge is 2.35. The number of carboxylic acid groups (broad SMARTS) is 1. The van der Waals surface area contributed by atoms with Crippen molar-refractivity contribution in [2.45, 2.75) is 38.6 Å². The Bertz CT molecular complexity index is 441. The molecule has 3 N–H and O–H groups in total. The summed E-state index contributed by atoms with van der Waals surface area (Å²) in [5.74, 6) is -1.34. The molecular weight excluding hydrogens is 270 g/mol. The number of hydrogen-bond donors (Lipinski definition) is 3. The largest absolute Gasteiger partial charge is 0.480 e. The molecule has 0 saturated carbocycles. The maximum absolute atomic E-state index is 11.6. The second-order valence-corrected chi connectivity index (χ2v) is 5.48. The van der Waals surface area contributed by atoms with Crippen LogP contribution in [0.5, 0.6) is 0 Å². The molecule has 1 aromatic rings. The minimum Gasteiger partial charge on any atom is -0.480 e. The summed E-state index contributed by atoms with van der Waals surface area (Å²) in [7, 11) is 3.50. The van der Waals surface area contributed by atoms with Gasteiger partial charge >= 0.3 is 5.97 Å². The topological polar surface area (TPSA) is 85.7 Å². The smallest absolute Gasteiger partial charge is 0.321 e. The molecule has 118 valence electrons. The summed E-state index contributed by atoms with van der Waals surface area (Å²) < 4.78 is 0. The Morgan fingerprint density at radius 2 is 1.95 bits per heavy atom. The Kier molecular flexibility index (Phi) is 6.74. The van der Waals surface area contributed by atoms with Crippen LogP contribution >= 0.6 is 0 Å². The van der Waals surface area contributed by atoms with E-state index in [-0.39, 0.29) is 6.04 Å². The predicted octanol–water partition coefficient (Wildman–Crippen LogP) is 0.572. The van der Waals surface area contributed by atoms with Crippen LogP contribution in [0.4, 0.5) is 0 Å². The van der Waals surface area contributed by atoms with E-state index in [1.165, 1.54) is 0 Å². The summed E-state index contributed by atoms with van der Waals surface area (Å²) in [6.45, 7) is 4.09. The molecule has 0 aliphatic rings. The molecule has 0 aliphatic carbocycles. The molecule has 4 atom stereocenters. The third-order valence-electron chi connectivity index (χ3n) is 3.91. The average molecular weight is 295 g/mol. The molecule has 0 radical (unpaired) electrons. The van der Waals surface area contributed by atoms with Crippen LogP contribution in [0.2, 0.25) is 0 Å². The van der Waals surface area contributed by atoms with E-state index in [1.807, 2.05) is 19.1 Å². The Morgan fingerprint density at radius 3 is 2.43 bits per heavy atom. The van der Waals surface area contributed by atoms with E-state index in [4.69, 9.17) is 0 Å². The Morgan fingerprint density at radius 1 is 1.38 bits per heavy atom. The van der Waals surface area contributed by atoms with Gasteiger partial charge in [-0.15, -0.1) is 0 Å². The standard InChI is InChI=1S/C15H25N3O3/c1-10(14(19)11(2)16-3)13(15(20)21)18(4)9-12-5-7-17-8-6-12/h5-8,10-11,13-14,16,19H,9H2,1-4H3,(H,20,21)/t10-,11+,13?,14-/m1/s1. The number of carbonyl (C=O) groups is 1. The van der Waals surface area contributed by atoms with Crippen molar-refractivity contribution in [3.63, 3.8) is 0 Å². The molecule has 6 nitrogen and oxygen atoms in total. The lowest BCUT2D eigenvalue weighted by Gasteiger charge is -2.34. The minimum atomic E-state index is -0.929. The number of hydrogen-bond acceptors (Lipinski definition) is 5. The van der Waals surface area contributed by atoms with Crippen LogP contribution in [-0.4, -0.2) is 58.3 Å². The maximum Gasteiger partial charge on any atom is 0.321 e. The van der Waals surface area contributed by atoms with Gasteiger partial charge in [0.05, 0.1) is 6.10 Å². The lowest BCUT2D eigenvalue weighted by atomic mass is 9.90. The van der Waals surface area contributed by atoms with Crippen molar-refractivity contribution in [1.29, 1.82) is 0 Å². The molecule has 1 heterocycles. The first-order valence-electron chi connectivity index (χ1n) is 7.05. The number of pyridine rings is 1. The number of aliphatic carboxylic acids is 1. The second kappa shape index (κ2) is 8.07. The Hall–Kier alpha value is -1.50. The lowest BCUT2D eigenvalue weighted by Crippen LogP contribution is -2.51. The number of aromatic nitrogens is 1. The van der Waals surface area contributed by atoms with Crippen LogP contribution < -0.4 is 5.32 Å². The number of carboxylic acids is 1. The Balaban J connectivity index is 2.83. The molecule has 0 aliphatic heterocycles.